The van der Waals surface area contributed by atoms with Crippen LogP contribution < -0.4 is 4.74 Å². The molecule has 0 aliphatic carbocycles. The van der Waals surface area contributed by atoms with Crippen molar-refractivity contribution in [3.8, 4) is 5.75 Å². The monoisotopic (exact) mass is 402 g/mol. The molecule has 5 rings (SSSR count). The van der Waals surface area contributed by atoms with Crippen LogP contribution in [0, 0.1) is 0 Å². The molecule has 0 bridgehead atoms. The Bertz CT molecular complexity index is 1140. The van der Waals surface area contributed by atoms with Gasteiger partial charge in [0, 0.05) is 34.0 Å². The zero-order chi connectivity index (χ0) is 21.1. The molecule has 3 heteroatoms. The number of likely N-dealkylation sites (tertiary alicyclic amines) is 1. The molecule has 2 aliphatic heterocycles. The molecular formula is C27H34N2O. The van der Waals surface area contributed by atoms with Gasteiger partial charge in [-0.05, 0) is 81.1 Å². The van der Waals surface area contributed by atoms with Crippen molar-refractivity contribution in [2.75, 3.05) is 13.1 Å². The molecule has 0 radical (unpaired) electrons. The zero-order valence-electron chi connectivity index (χ0n) is 19.1. The van der Waals surface area contributed by atoms with E-state index in [4.69, 9.17) is 4.74 Å². The Labute approximate surface area is 180 Å². The van der Waals surface area contributed by atoms with E-state index in [1.807, 2.05) is 0 Å². The molecule has 0 saturated carbocycles. The maximum Gasteiger partial charge on any atom is 0.134 e. The quantitative estimate of drug-likeness (QED) is 0.511. The lowest BCUT2D eigenvalue weighted by molar-refractivity contribution is 0.152. The van der Waals surface area contributed by atoms with E-state index < -0.39 is 0 Å². The first-order chi connectivity index (χ1) is 14.2. The predicted molar refractivity (Wildman–Crippen MR) is 127 cm³/mol. The summed E-state index contributed by atoms with van der Waals surface area (Å²) in [5.74, 6) is 1.06. The number of nitrogens with one attached hydrogen (secondary N) is 1. The maximum absolute atomic E-state index is 6.54. The Morgan fingerprint density at radius 1 is 1.03 bits per heavy atom. The summed E-state index contributed by atoms with van der Waals surface area (Å²) in [5.41, 5.74) is 6.15. The van der Waals surface area contributed by atoms with E-state index in [9.17, 15) is 0 Å². The highest BCUT2D eigenvalue weighted by Gasteiger charge is 2.28. The minimum atomic E-state index is -0.275. The number of benzene rings is 2. The lowest BCUT2D eigenvalue weighted by Gasteiger charge is -2.32. The number of H-pyrrole nitrogens is 1. The predicted octanol–water partition coefficient (Wildman–Crippen LogP) is 6.79. The first-order valence-corrected chi connectivity index (χ1v) is 11.4. The highest BCUT2D eigenvalue weighted by molar-refractivity contribution is 6.11. The zero-order valence-corrected chi connectivity index (χ0v) is 19.1. The number of hydrogen-bond acceptors (Lipinski definition) is 2. The Kier molecular flexibility index (Phi) is 4.52. The van der Waals surface area contributed by atoms with Crippen LogP contribution in [0.1, 0.15) is 70.6 Å². The number of piperidine rings is 1. The molecule has 0 spiro atoms. The van der Waals surface area contributed by atoms with Crippen molar-refractivity contribution in [2.45, 2.75) is 71.4 Å². The summed E-state index contributed by atoms with van der Waals surface area (Å²) < 4.78 is 6.54. The van der Waals surface area contributed by atoms with E-state index in [1.54, 1.807) is 0 Å². The first kappa shape index (κ1) is 19.7. The van der Waals surface area contributed by atoms with Crippen molar-refractivity contribution < 1.29 is 4.74 Å². The van der Waals surface area contributed by atoms with E-state index in [1.165, 1.54) is 70.8 Å². The Morgan fingerprint density at radius 2 is 1.80 bits per heavy atom. The van der Waals surface area contributed by atoms with Crippen molar-refractivity contribution in [3.63, 3.8) is 0 Å². The van der Waals surface area contributed by atoms with Crippen LogP contribution >= 0.6 is 0 Å². The average molecular weight is 403 g/mol. The minimum Gasteiger partial charge on any atom is -0.483 e. The third-order valence-corrected chi connectivity index (χ3v) is 6.69. The minimum absolute atomic E-state index is 0.135. The Balaban J connectivity index is 1.72. The van der Waals surface area contributed by atoms with Crippen molar-refractivity contribution in [2.24, 2.45) is 0 Å². The topological polar surface area (TPSA) is 28.3 Å². The molecule has 0 atom stereocenters. The van der Waals surface area contributed by atoms with Crippen LogP contribution in [0.5, 0.6) is 5.75 Å². The fraction of sp³-hybridized carbons (Fsp3) is 0.481. The van der Waals surface area contributed by atoms with Gasteiger partial charge in [-0.2, -0.15) is 0 Å². The smallest absolute Gasteiger partial charge is 0.134 e. The lowest BCUT2D eigenvalue weighted by Crippen LogP contribution is -2.31. The largest absolute Gasteiger partial charge is 0.483 e. The van der Waals surface area contributed by atoms with Crippen LogP contribution in [0.25, 0.3) is 27.9 Å². The molecule has 3 nitrogen and oxygen atoms in total. The molecule has 0 unspecified atom stereocenters. The molecule has 0 amide bonds. The molecule has 2 aromatic carbocycles. The molecule has 1 fully saturated rings. The summed E-state index contributed by atoms with van der Waals surface area (Å²) in [6.45, 7) is 14.5. The van der Waals surface area contributed by atoms with Gasteiger partial charge in [-0.15, -0.1) is 0 Å². The van der Waals surface area contributed by atoms with Crippen LogP contribution in [-0.2, 0) is 12.0 Å². The number of rotatable bonds is 2. The Hall–Kier alpha value is -2.26. The molecule has 1 saturated heterocycles. The highest BCUT2D eigenvalue weighted by Crippen LogP contribution is 2.42. The standard InChI is InChI=1S/C27H34N2O/c1-26(2,3)19-9-10-23-21(16-19)22-15-18(17-29-13-7-6-8-14-29)25-20(24(22)28-23)11-12-27(4,5)30-25/h9-12,15-16,28H,6-8,13-14,17H2,1-5H3. The first-order valence-electron chi connectivity index (χ1n) is 11.4. The van der Waals surface area contributed by atoms with Crippen LogP contribution in [0.3, 0.4) is 0 Å². The number of aromatic amines is 1. The second-order valence-corrected chi connectivity index (χ2v) is 10.7. The van der Waals surface area contributed by atoms with E-state index in [0.29, 0.717) is 0 Å². The number of aromatic nitrogens is 1. The van der Waals surface area contributed by atoms with Crippen LogP contribution in [-0.4, -0.2) is 28.6 Å². The fourth-order valence-electron chi connectivity index (χ4n) is 4.90. The van der Waals surface area contributed by atoms with Crippen LogP contribution in [0.15, 0.2) is 30.3 Å². The van der Waals surface area contributed by atoms with Gasteiger partial charge in [-0.1, -0.05) is 33.3 Å². The van der Waals surface area contributed by atoms with Crippen LogP contribution in [0.2, 0.25) is 0 Å². The van der Waals surface area contributed by atoms with Crippen molar-refractivity contribution in [3.05, 3.63) is 47.0 Å². The fourth-order valence-corrected chi connectivity index (χ4v) is 4.90. The molecule has 30 heavy (non-hydrogen) atoms. The van der Waals surface area contributed by atoms with E-state index in [0.717, 1.165) is 12.3 Å². The Morgan fingerprint density at radius 3 is 2.53 bits per heavy atom. The van der Waals surface area contributed by atoms with Gasteiger partial charge >= 0.3 is 0 Å². The molecule has 3 aromatic rings. The summed E-state index contributed by atoms with van der Waals surface area (Å²) >= 11 is 0. The van der Waals surface area contributed by atoms with Gasteiger partial charge in [-0.3, -0.25) is 4.90 Å². The second-order valence-electron chi connectivity index (χ2n) is 10.7. The maximum atomic E-state index is 6.54. The number of nitrogens with zero attached hydrogens (tertiary/aromatic N) is 1. The number of hydrogen-bond donors (Lipinski definition) is 1. The number of fused-ring (bicyclic) bond motifs is 5. The van der Waals surface area contributed by atoms with E-state index in [2.05, 4.69) is 80.9 Å². The van der Waals surface area contributed by atoms with Crippen molar-refractivity contribution in [1.29, 1.82) is 0 Å². The van der Waals surface area contributed by atoms with Crippen molar-refractivity contribution in [1.82, 2.24) is 9.88 Å². The van der Waals surface area contributed by atoms with E-state index in [-0.39, 0.29) is 11.0 Å². The molecule has 3 heterocycles. The van der Waals surface area contributed by atoms with Crippen molar-refractivity contribution >= 4 is 27.9 Å². The van der Waals surface area contributed by atoms with Gasteiger partial charge in [0.1, 0.15) is 11.4 Å². The SMILES string of the molecule is CC1(C)C=Cc2c(c(CN3CCCCC3)cc3c2[nH]c2ccc(C(C)(C)C)cc23)O1. The summed E-state index contributed by atoms with van der Waals surface area (Å²) in [7, 11) is 0. The van der Waals surface area contributed by atoms with Crippen LogP contribution in [0.4, 0.5) is 0 Å². The van der Waals surface area contributed by atoms with Gasteiger partial charge in [0.25, 0.3) is 0 Å². The average Bonchev–Trinajstić information content (AvgIpc) is 3.05. The molecular weight excluding hydrogens is 368 g/mol. The molecule has 2 aliphatic rings. The second kappa shape index (κ2) is 6.88. The summed E-state index contributed by atoms with van der Waals surface area (Å²) in [6, 6.07) is 9.27. The van der Waals surface area contributed by atoms with Gasteiger partial charge in [0.15, 0.2) is 0 Å². The molecule has 1 N–H and O–H groups in total. The molecule has 1 aromatic heterocycles. The summed E-state index contributed by atoms with van der Waals surface area (Å²) in [4.78, 5) is 6.29. The summed E-state index contributed by atoms with van der Waals surface area (Å²) in [6.07, 6.45) is 8.42. The normalized spacial score (nSPS) is 19.2. The van der Waals surface area contributed by atoms with Gasteiger partial charge in [0.2, 0.25) is 0 Å². The summed E-state index contributed by atoms with van der Waals surface area (Å²) in [5, 5.41) is 2.63. The van der Waals surface area contributed by atoms with Gasteiger partial charge in [-0.25, -0.2) is 0 Å². The highest BCUT2D eigenvalue weighted by atomic mass is 16.5. The molecule has 158 valence electrons. The number of ether oxygens (including phenoxy) is 1. The van der Waals surface area contributed by atoms with E-state index >= 15 is 0 Å². The third-order valence-electron chi connectivity index (χ3n) is 6.69. The van der Waals surface area contributed by atoms with Gasteiger partial charge < -0.3 is 9.72 Å². The third kappa shape index (κ3) is 3.43. The lowest BCUT2D eigenvalue weighted by atomic mass is 9.86. The van der Waals surface area contributed by atoms with Gasteiger partial charge in [0.05, 0.1) is 5.52 Å².